The minimum Gasteiger partial charge on any atom is -0.338 e. The van der Waals surface area contributed by atoms with Gasteiger partial charge in [0.05, 0.1) is 5.69 Å². The molecule has 0 spiro atoms. The van der Waals surface area contributed by atoms with Crippen molar-refractivity contribution in [2.45, 2.75) is 38.6 Å². The molecular weight excluding hydrogens is 350 g/mol. The van der Waals surface area contributed by atoms with Crippen molar-refractivity contribution in [3.05, 3.63) is 47.9 Å². The quantitative estimate of drug-likeness (QED) is 0.838. The minimum absolute atomic E-state index is 0.0689. The van der Waals surface area contributed by atoms with E-state index in [1.54, 1.807) is 0 Å². The maximum Gasteiger partial charge on any atom is 0.314 e. The Bertz CT molecular complexity index is 825. The Kier molecular flexibility index (Phi) is 5.57. The van der Waals surface area contributed by atoms with Gasteiger partial charge in [-0.2, -0.15) is 0 Å². The van der Waals surface area contributed by atoms with E-state index in [4.69, 9.17) is 4.98 Å². The zero-order chi connectivity index (χ0) is 19.5. The fourth-order valence-corrected chi connectivity index (χ4v) is 4.66. The number of carbonyl (C=O) groups is 1. The van der Waals surface area contributed by atoms with Crippen molar-refractivity contribution in [1.29, 1.82) is 0 Å². The van der Waals surface area contributed by atoms with Crippen LogP contribution in [0.25, 0.3) is 11.3 Å². The first-order valence-corrected chi connectivity index (χ1v) is 10.3. The number of benzene rings is 1. The van der Waals surface area contributed by atoms with Crippen LogP contribution in [0.4, 0.5) is 4.79 Å². The van der Waals surface area contributed by atoms with Crippen molar-refractivity contribution in [2.75, 3.05) is 26.2 Å². The average Bonchev–Trinajstić information content (AvgIpc) is 2.73. The van der Waals surface area contributed by atoms with Gasteiger partial charge in [0.2, 0.25) is 0 Å². The van der Waals surface area contributed by atoms with Gasteiger partial charge >= 0.3 is 6.03 Å². The van der Waals surface area contributed by atoms with Crippen LogP contribution in [0.1, 0.15) is 37.2 Å². The molecule has 3 aliphatic rings. The van der Waals surface area contributed by atoms with Gasteiger partial charge in [0, 0.05) is 42.9 Å². The van der Waals surface area contributed by atoms with Gasteiger partial charge in [-0.3, -0.25) is 4.90 Å². The number of carbonyl (C=O) groups excluding carboxylic acids is 1. The summed E-state index contributed by atoms with van der Waals surface area (Å²) in [6, 6.07) is 12.9. The SMILES string of the molecule is CCNC(=O)NCC1CC2CCN1CC2c1cc(-c2ccccc2)nc(C)n1. The molecule has 4 atom stereocenters. The van der Waals surface area contributed by atoms with Crippen LogP contribution in [-0.4, -0.2) is 53.1 Å². The van der Waals surface area contributed by atoms with E-state index < -0.39 is 0 Å². The third-order valence-corrected chi connectivity index (χ3v) is 6.02. The van der Waals surface area contributed by atoms with E-state index in [-0.39, 0.29) is 6.03 Å². The molecule has 6 nitrogen and oxygen atoms in total. The predicted octanol–water partition coefficient (Wildman–Crippen LogP) is 2.95. The second-order valence-electron chi connectivity index (χ2n) is 7.87. The van der Waals surface area contributed by atoms with Gasteiger partial charge in [-0.15, -0.1) is 0 Å². The van der Waals surface area contributed by atoms with Crippen LogP contribution in [0.5, 0.6) is 0 Å². The molecule has 1 aromatic heterocycles. The normalized spacial score (nSPS) is 26.1. The van der Waals surface area contributed by atoms with E-state index in [9.17, 15) is 4.79 Å². The summed E-state index contributed by atoms with van der Waals surface area (Å²) in [5.74, 6) is 1.89. The number of nitrogens with one attached hydrogen (secondary N) is 2. The van der Waals surface area contributed by atoms with Crippen molar-refractivity contribution < 1.29 is 4.79 Å². The molecule has 3 aliphatic heterocycles. The second-order valence-corrected chi connectivity index (χ2v) is 7.87. The Balaban J connectivity index is 1.48. The van der Waals surface area contributed by atoms with E-state index in [1.165, 1.54) is 6.42 Å². The third kappa shape index (κ3) is 4.02. The highest BCUT2D eigenvalue weighted by atomic mass is 16.2. The zero-order valence-corrected chi connectivity index (χ0v) is 16.7. The number of aromatic nitrogens is 2. The standard InChI is InChI=1S/C22H29N5O/c1-3-23-22(28)24-13-18-11-17-9-10-27(18)14-19(17)21-12-20(25-15(2)26-21)16-7-5-4-6-8-16/h4-8,12,17-19H,3,9-11,13-14H2,1-2H3,(H2,23,24,28). The van der Waals surface area contributed by atoms with Crippen LogP contribution in [0, 0.1) is 12.8 Å². The monoisotopic (exact) mass is 379 g/mol. The van der Waals surface area contributed by atoms with Crippen molar-refractivity contribution in [3.8, 4) is 11.3 Å². The number of aryl methyl sites for hydroxylation is 1. The highest BCUT2D eigenvalue weighted by molar-refractivity contribution is 5.73. The summed E-state index contributed by atoms with van der Waals surface area (Å²) in [7, 11) is 0. The Morgan fingerprint density at radius 1 is 1.21 bits per heavy atom. The van der Waals surface area contributed by atoms with Crippen LogP contribution in [0.15, 0.2) is 36.4 Å². The summed E-state index contributed by atoms with van der Waals surface area (Å²) >= 11 is 0. The highest BCUT2D eigenvalue weighted by Crippen LogP contribution is 2.41. The van der Waals surface area contributed by atoms with E-state index in [1.807, 2.05) is 32.0 Å². The number of piperidine rings is 3. The van der Waals surface area contributed by atoms with Gasteiger partial charge in [-0.25, -0.2) is 14.8 Å². The smallest absolute Gasteiger partial charge is 0.314 e. The van der Waals surface area contributed by atoms with Crippen LogP contribution in [0.3, 0.4) is 0 Å². The third-order valence-electron chi connectivity index (χ3n) is 6.02. The fourth-order valence-electron chi connectivity index (χ4n) is 4.66. The molecule has 0 aliphatic carbocycles. The molecule has 3 fully saturated rings. The molecule has 4 heterocycles. The van der Waals surface area contributed by atoms with Crippen molar-refractivity contribution >= 4 is 6.03 Å². The van der Waals surface area contributed by atoms with Gasteiger partial charge in [0.25, 0.3) is 0 Å². The molecule has 2 N–H and O–H groups in total. The minimum atomic E-state index is -0.0689. The first-order chi connectivity index (χ1) is 13.6. The molecule has 2 aromatic rings. The average molecular weight is 380 g/mol. The summed E-state index contributed by atoms with van der Waals surface area (Å²) in [6.45, 7) is 7.41. The van der Waals surface area contributed by atoms with E-state index in [0.717, 1.165) is 42.3 Å². The first kappa shape index (κ1) is 18.9. The molecule has 2 bridgehead atoms. The van der Waals surface area contributed by atoms with E-state index in [0.29, 0.717) is 31.0 Å². The lowest BCUT2D eigenvalue weighted by molar-refractivity contribution is 0.0305. The summed E-state index contributed by atoms with van der Waals surface area (Å²) < 4.78 is 0. The largest absolute Gasteiger partial charge is 0.338 e. The summed E-state index contributed by atoms with van der Waals surface area (Å²) in [6.07, 6.45) is 2.31. The number of nitrogens with zero attached hydrogens (tertiary/aromatic N) is 3. The number of rotatable bonds is 5. The second kappa shape index (κ2) is 8.27. The van der Waals surface area contributed by atoms with Gasteiger partial charge in [-0.05, 0) is 45.2 Å². The van der Waals surface area contributed by atoms with Crippen LogP contribution < -0.4 is 10.6 Å². The van der Waals surface area contributed by atoms with E-state index >= 15 is 0 Å². The van der Waals surface area contributed by atoms with Crippen LogP contribution >= 0.6 is 0 Å². The number of hydrogen-bond donors (Lipinski definition) is 2. The number of fused-ring (bicyclic) bond motifs is 3. The molecule has 5 rings (SSSR count). The van der Waals surface area contributed by atoms with Gasteiger partial charge in [0.15, 0.2) is 0 Å². The van der Waals surface area contributed by atoms with Gasteiger partial charge in [-0.1, -0.05) is 30.3 Å². The maximum absolute atomic E-state index is 11.7. The zero-order valence-electron chi connectivity index (χ0n) is 16.7. The molecule has 3 saturated heterocycles. The summed E-state index contributed by atoms with van der Waals surface area (Å²) in [5.41, 5.74) is 3.31. The predicted molar refractivity (Wildman–Crippen MR) is 110 cm³/mol. The number of amides is 2. The lowest BCUT2D eigenvalue weighted by Gasteiger charge is -2.49. The highest BCUT2D eigenvalue weighted by Gasteiger charge is 2.41. The number of hydrogen-bond acceptors (Lipinski definition) is 4. The lowest BCUT2D eigenvalue weighted by Crippen LogP contribution is -2.56. The molecule has 4 unspecified atom stereocenters. The van der Waals surface area contributed by atoms with Crippen molar-refractivity contribution in [1.82, 2.24) is 25.5 Å². The fraction of sp³-hybridized carbons (Fsp3) is 0.500. The summed E-state index contributed by atoms with van der Waals surface area (Å²) in [4.78, 5) is 23.7. The molecule has 6 heteroatoms. The molecule has 1 aromatic carbocycles. The summed E-state index contributed by atoms with van der Waals surface area (Å²) in [5, 5.41) is 5.82. The Morgan fingerprint density at radius 3 is 2.75 bits per heavy atom. The Hall–Kier alpha value is -2.47. The van der Waals surface area contributed by atoms with Crippen LogP contribution in [-0.2, 0) is 0 Å². The Morgan fingerprint density at radius 2 is 2.04 bits per heavy atom. The Labute approximate surface area is 166 Å². The molecule has 0 radical (unpaired) electrons. The van der Waals surface area contributed by atoms with Crippen LogP contribution in [0.2, 0.25) is 0 Å². The first-order valence-electron chi connectivity index (χ1n) is 10.3. The lowest BCUT2D eigenvalue weighted by atomic mass is 9.74. The van der Waals surface area contributed by atoms with Gasteiger partial charge in [0.1, 0.15) is 5.82 Å². The molecular formula is C22H29N5O. The molecule has 0 saturated carbocycles. The topological polar surface area (TPSA) is 70.2 Å². The number of urea groups is 1. The van der Waals surface area contributed by atoms with Gasteiger partial charge < -0.3 is 10.6 Å². The maximum atomic E-state index is 11.7. The van der Waals surface area contributed by atoms with Crippen molar-refractivity contribution in [2.24, 2.45) is 5.92 Å². The molecule has 148 valence electrons. The van der Waals surface area contributed by atoms with E-state index in [2.05, 4.69) is 38.7 Å². The molecule has 2 amide bonds. The molecule has 28 heavy (non-hydrogen) atoms. The van der Waals surface area contributed by atoms with Crippen molar-refractivity contribution in [3.63, 3.8) is 0 Å².